The number of H-pyrrole nitrogens is 1. The monoisotopic (exact) mass is 196 g/mol. The molecule has 14 heavy (non-hydrogen) atoms. The average Bonchev–Trinajstić information content (AvgIpc) is 2.52. The molecule has 1 heterocycles. The van der Waals surface area contributed by atoms with Gasteiger partial charge in [0.25, 0.3) is 0 Å². The maximum absolute atomic E-state index is 11.3. The molecule has 0 unspecified atom stereocenters. The lowest BCUT2D eigenvalue weighted by Crippen LogP contribution is -2.05. The summed E-state index contributed by atoms with van der Waals surface area (Å²) in [5.74, 6) is 1.02. The van der Waals surface area contributed by atoms with Gasteiger partial charge in [-0.3, -0.25) is 0 Å². The number of carbonyl (C=O) groups excluding carboxylic acids is 1. The number of nitrogens with zero attached hydrogens (tertiary/aromatic N) is 1. The van der Waals surface area contributed by atoms with E-state index in [1.807, 2.05) is 0 Å². The molecule has 1 aromatic rings. The van der Waals surface area contributed by atoms with Crippen LogP contribution in [0.25, 0.3) is 0 Å². The lowest BCUT2D eigenvalue weighted by molar-refractivity contribution is 0.0520. The van der Waals surface area contributed by atoms with Crippen LogP contribution in [0.4, 0.5) is 0 Å². The van der Waals surface area contributed by atoms with Gasteiger partial charge < -0.3 is 9.72 Å². The molecule has 1 rings (SSSR count). The summed E-state index contributed by atoms with van der Waals surface area (Å²) in [6.07, 6.45) is 2.37. The van der Waals surface area contributed by atoms with Gasteiger partial charge in [-0.15, -0.1) is 0 Å². The molecule has 0 amide bonds. The first-order chi connectivity index (χ1) is 6.63. The quantitative estimate of drug-likeness (QED) is 0.747. The molecule has 0 bridgehead atoms. The largest absolute Gasteiger partial charge is 0.461 e. The van der Waals surface area contributed by atoms with Gasteiger partial charge in [0.05, 0.1) is 12.8 Å². The van der Waals surface area contributed by atoms with Crippen molar-refractivity contribution in [2.45, 2.75) is 27.2 Å². The summed E-state index contributed by atoms with van der Waals surface area (Å²) in [6.45, 7) is 6.37. The molecule has 1 N–H and O–H groups in total. The number of aromatic amines is 1. The van der Waals surface area contributed by atoms with E-state index in [1.54, 1.807) is 6.92 Å². The van der Waals surface area contributed by atoms with Crippen LogP contribution in [-0.4, -0.2) is 22.5 Å². The van der Waals surface area contributed by atoms with Crippen LogP contribution in [-0.2, 0) is 11.2 Å². The van der Waals surface area contributed by atoms with Crippen LogP contribution in [0, 0.1) is 5.92 Å². The fourth-order valence-corrected chi connectivity index (χ4v) is 1.17. The van der Waals surface area contributed by atoms with Gasteiger partial charge in [-0.2, -0.15) is 0 Å². The zero-order chi connectivity index (χ0) is 10.6. The first-order valence-corrected chi connectivity index (χ1v) is 4.84. The Morgan fingerprint density at radius 1 is 1.64 bits per heavy atom. The van der Waals surface area contributed by atoms with E-state index in [0.717, 1.165) is 12.2 Å². The smallest absolute Gasteiger partial charge is 0.356 e. The van der Waals surface area contributed by atoms with E-state index in [9.17, 15) is 4.79 Å². The number of imidazole rings is 1. The number of aromatic nitrogens is 2. The summed E-state index contributed by atoms with van der Waals surface area (Å²) in [4.78, 5) is 18.3. The van der Waals surface area contributed by atoms with Crippen molar-refractivity contribution in [3.05, 3.63) is 17.7 Å². The van der Waals surface area contributed by atoms with Crippen molar-refractivity contribution in [1.82, 2.24) is 9.97 Å². The summed E-state index contributed by atoms with van der Waals surface area (Å²) in [5.41, 5.74) is 0.433. The van der Waals surface area contributed by atoms with E-state index in [0.29, 0.717) is 18.2 Å². The number of carbonyl (C=O) groups is 1. The van der Waals surface area contributed by atoms with E-state index in [-0.39, 0.29) is 5.97 Å². The van der Waals surface area contributed by atoms with Gasteiger partial charge in [0, 0.05) is 6.42 Å². The third kappa shape index (κ3) is 2.87. The molecule has 4 nitrogen and oxygen atoms in total. The molecule has 0 aliphatic heterocycles. The van der Waals surface area contributed by atoms with E-state index in [2.05, 4.69) is 23.8 Å². The molecule has 4 heteroatoms. The molecule has 0 aromatic carbocycles. The predicted octanol–water partition coefficient (Wildman–Crippen LogP) is 1.78. The van der Waals surface area contributed by atoms with Crippen molar-refractivity contribution in [3.63, 3.8) is 0 Å². The van der Waals surface area contributed by atoms with Gasteiger partial charge in [-0.05, 0) is 12.8 Å². The van der Waals surface area contributed by atoms with Crippen molar-refractivity contribution in [3.8, 4) is 0 Å². The summed E-state index contributed by atoms with van der Waals surface area (Å²) >= 11 is 0. The molecule has 1 aromatic heterocycles. The second-order valence-electron chi connectivity index (χ2n) is 3.56. The molecule has 0 aliphatic rings. The van der Waals surface area contributed by atoms with Gasteiger partial charge in [-0.1, -0.05) is 13.8 Å². The maximum Gasteiger partial charge on any atom is 0.356 e. The van der Waals surface area contributed by atoms with Crippen LogP contribution in [0.2, 0.25) is 0 Å². The molecule has 78 valence electrons. The van der Waals surface area contributed by atoms with Crippen LogP contribution in [0.15, 0.2) is 6.20 Å². The SMILES string of the molecule is CCOC(=O)c1cnc(CC(C)C)[nH]1. The molecule has 0 radical (unpaired) electrons. The van der Waals surface area contributed by atoms with Crippen LogP contribution in [0.3, 0.4) is 0 Å². The Bertz CT molecular complexity index is 305. The van der Waals surface area contributed by atoms with Crippen molar-refractivity contribution in [1.29, 1.82) is 0 Å². The van der Waals surface area contributed by atoms with Crippen molar-refractivity contribution >= 4 is 5.97 Å². The van der Waals surface area contributed by atoms with E-state index >= 15 is 0 Å². The number of rotatable bonds is 4. The Hall–Kier alpha value is -1.32. The minimum Gasteiger partial charge on any atom is -0.461 e. The second-order valence-corrected chi connectivity index (χ2v) is 3.56. The van der Waals surface area contributed by atoms with Crippen LogP contribution < -0.4 is 0 Å². The maximum atomic E-state index is 11.3. The lowest BCUT2D eigenvalue weighted by Gasteiger charge is -2.00. The Balaban J connectivity index is 2.63. The third-order valence-corrected chi connectivity index (χ3v) is 1.73. The molecular weight excluding hydrogens is 180 g/mol. The zero-order valence-corrected chi connectivity index (χ0v) is 8.83. The lowest BCUT2D eigenvalue weighted by atomic mass is 10.1. The van der Waals surface area contributed by atoms with Crippen molar-refractivity contribution < 1.29 is 9.53 Å². The minimum absolute atomic E-state index is 0.338. The Morgan fingerprint density at radius 3 is 2.93 bits per heavy atom. The highest BCUT2D eigenvalue weighted by molar-refractivity contribution is 5.86. The first kappa shape index (κ1) is 10.8. The number of esters is 1. The fourth-order valence-electron chi connectivity index (χ4n) is 1.17. The second kappa shape index (κ2) is 4.79. The van der Waals surface area contributed by atoms with E-state index < -0.39 is 0 Å². The first-order valence-electron chi connectivity index (χ1n) is 4.84. The summed E-state index contributed by atoms with van der Waals surface area (Å²) in [5, 5.41) is 0. The van der Waals surface area contributed by atoms with Crippen LogP contribution in [0.1, 0.15) is 37.1 Å². The molecule has 0 fully saturated rings. The molecule has 0 atom stereocenters. The molecule has 0 spiro atoms. The van der Waals surface area contributed by atoms with Gasteiger partial charge >= 0.3 is 5.97 Å². The molecule has 0 aliphatic carbocycles. The number of nitrogens with one attached hydrogen (secondary N) is 1. The topological polar surface area (TPSA) is 55.0 Å². The van der Waals surface area contributed by atoms with Crippen molar-refractivity contribution in [2.75, 3.05) is 6.61 Å². The fraction of sp³-hybridized carbons (Fsp3) is 0.600. The Labute approximate surface area is 83.7 Å². The Morgan fingerprint density at radius 2 is 2.36 bits per heavy atom. The van der Waals surface area contributed by atoms with Gasteiger partial charge in [-0.25, -0.2) is 9.78 Å². The molecule has 0 saturated carbocycles. The highest BCUT2D eigenvalue weighted by Gasteiger charge is 2.10. The van der Waals surface area contributed by atoms with E-state index in [4.69, 9.17) is 4.74 Å². The van der Waals surface area contributed by atoms with Gasteiger partial charge in [0.15, 0.2) is 0 Å². The van der Waals surface area contributed by atoms with Crippen LogP contribution in [0.5, 0.6) is 0 Å². The van der Waals surface area contributed by atoms with E-state index in [1.165, 1.54) is 6.20 Å². The molecular formula is C10H16N2O2. The summed E-state index contributed by atoms with van der Waals surface area (Å²) in [6, 6.07) is 0. The van der Waals surface area contributed by atoms with Crippen LogP contribution >= 0.6 is 0 Å². The molecule has 0 saturated heterocycles. The number of hydrogen-bond donors (Lipinski definition) is 1. The minimum atomic E-state index is -0.338. The summed E-state index contributed by atoms with van der Waals surface area (Å²) in [7, 11) is 0. The standard InChI is InChI=1S/C10H16N2O2/c1-4-14-10(13)8-6-11-9(12-8)5-7(2)3/h6-7H,4-5H2,1-3H3,(H,11,12). The predicted molar refractivity (Wildman–Crippen MR) is 53.1 cm³/mol. The highest BCUT2D eigenvalue weighted by atomic mass is 16.5. The number of hydrogen-bond acceptors (Lipinski definition) is 3. The number of ether oxygens (including phenoxy) is 1. The van der Waals surface area contributed by atoms with Gasteiger partial charge in [0.2, 0.25) is 0 Å². The van der Waals surface area contributed by atoms with Gasteiger partial charge in [0.1, 0.15) is 11.5 Å². The Kier molecular flexibility index (Phi) is 3.68. The van der Waals surface area contributed by atoms with Crippen molar-refractivity contribution in [2.24, 2.45) is 5.92 Å². The highest BCUT2D eigenvalue weighted by Crippen LogP contribution is 2.05. The zero-order valence-electron chi connectivity index (χ0n) is 8.83. The summed E-state index contributed by atoms with van der Waals surface area (Å²) < 4.78 is 4.84. The third-order valence-electron chi connectivity index (χ3n) is 1.73. The average molecular weight is 196 g/mol. The normalized spacial score (nSPS) is 10.6.